The summed E-state index contributed by atoms with van der Waals surface area (Å²) >= 11 is 0. The van der Waals surface area contributed by atoms with Crippen LogP contribution in [0.5, 0.6) is 0 Å². The van der Waals surface area contributed by atoms with E-state index in [1.165, 1.54) is 6.42 Å². The summed E-state index contributed by atoms with van der Waals surface area (Å²) in [4.78, 5) is 0. The first kappa shape index (κ1) is 19.1. The zero-order valence-electron chi connectivity index (χ0n) is 14.4. The number of aliphatic hydroxyl groups is 1. The van der Waals surface area contributed by atoms with Gasteiger partial charge in [-0.05, 0) is 48.7 Å². The van der Waals surface area contributed by atoms with Crippen LogP contribution < -0.4 is 0 Å². The van der Waals surface area contributed by atoms with Crippen molar-refractivity contribution < 1.29 is 9.53 Å². The quantitative estimate of drug-likeness (QED) is 0.657. The van der Waals surface area contributed by atoms with E-state index in [0.717, 1.165) is 13.0 Å². The highest BCUT2D eigenvalue weighted by Gasteiger charge is 2.37. The Kier molecular flexibility index (Phi) is 7.85. The summed E-state index contributed by atoms with van der Waals surface area (Å²) in [6.07, 6.45) is 2.31. The fourth-order valence-corrected chi connectivity index (χ4v) is 3.31. The lowest BCUT2D eigenvalue weighted by atomic mass is 9.90. The summed E-state index contributed by atoms with van der Waals surface area (Å²) in [6.45, 7) is 19.4. The van der Waals surface area contributed by atoms with Gasteiger partial charge in [0.2, 0.25) is 0 Å². The van der Waals surface area contributed by atoms with Gasteiger partial charge in [-0.25, -0.2) is 0 Å². The molecule has 0 aliphatic rings. The van der Waals surface area contributed by atoms with Crippen LogP contribution in [0, 0.1) is 17.8 Å². The van der Waals surface area contributed by atoms with E-state index < -0.39 is 8.32 Å². The second-order valence-electron chi connectivity index (χ2n) is 8.04. The average Bonchev–Trinajstić information content (AvgIpc) is 2.24. The van der Waals surface area contributed by atoms with Gasteiger partial charge in [-0.15, -0.1) is 0 Å². The van der Waals surface area contributed by atoms with E-state index in [9.17, 15) is 0 Å². The first-order chi connectivity index (χ1) is 8.49. The Hall–Kier alpha value is 0.137. The van der Waals surface area contributed by atoms with Gasteiger partial charge < -0.3 is 9.53 Å². The minimum Gasteiger partial charge on any atom is -0.417 e. The van der Waals surface area contributed by atoms with Crippen LogP contribution in [0.15, 0.2) is 0 Å². The number of hydrogen-bond donors (Lipinski definition) is 1. The maximum absolute atomic E-state index is 9.10. The molecule has 116 valence electrons. The topological polar surface area (TPSA) is 29.5 Å². The Morgan fingerprint density at radius 2 is 1.42 bits per heavy atom. The van der Waals surface area contributed by atoms with Crippen molar-refractivity contribution in [1.29, 1.82) is 0 Å². The lowest BCUT2D eigenvalue weighted by Gasteiger charge is -2.37. The molecule has 0 aromatic heterocycles. The molecule has 0 saturated carbocycles. The Morgan fingerprint density at radius 3 is 1.84 bits per heavy atom. The molecule has 0 spiro atoms. The summed E-state index contributed by atoms with van der Waals surface area (Å²) in [5, 5.41) is 9.39. The van der Waals surface area contributed by atoms with Crippen molar-refractivity contribution in [3.8, 4) is 0 Å². The van der Waals surface area contributed by atoms with Crippen molar-refractivity contribution in [3.05, 3.63) is 0 Å². The maximum Gasteiger partial charge on any atom is 0.191 e. The fourth-order valence-electron chi connectivity index (χ4n) is 2.18. The van der Waals surface area contributed by atoms with Gasteiger partial charge >= 0.3 is 0 Å². The largest absolute Gasteiger partial charge is 0.417 e. The number of aliphatic hydroxyl groups excluding tert-OH is 1. The number of rotatable bonds is 8. The highest BCUT2D eigenvalue weighted by Crippen LogP contribution is 2.37. The monoisotopic (exact) mass is 288 g/mol. The van der Waals surface area contributed by atoms with E-state index in [-0.39, 0.29) is 0 Å². The van der Waals surface area contributed by atoms with Crippen molar-refractivity contribution in [3.63, 3.8) is 0 Å². The maximum atomic E-state index is 9.10. The molecule has 0 amide bonds. The van der Waals surface area contributed by atoms with Crippen molar-refractivity contribution >= 4 is 8.32 Å². The van der Waals surface area contributed by atoms with Gasteiger partial charge in [0.25, 0.3) is 0 Å². The fraction of sp³-hybridized carbons (Fsp3) is 1.00. The molecule has 0 aromatic rings. The summed E-state index contributed by atoms with van der Waals surface area (Å²) < 4.78 is 6.28. The molecule has 0 rings (SSSR count). The third-order valence-corrected chi connectivity index (χ3v) is 8.96. The van der Waals surface area contributed by atoms with Crippen LogP contribution in [0.25, 0.3) is 0 Å². The van der Waals surface area contributed by atoms with Gasteiger partial charge in [0, 0.05) is 13.2 Å². The molecule has 3 atom stereocenters. The molecule has 1 N–H and O–H groups in total. The molecule has 2 nitrogen and oxygen atoms in total. The van der Waals surface area contributed by atoms with E-state index in [4.69, 9.17) is 9.53 Å². The minimum absolute atomic E-state index is 0.295. The van der Waals surface area contributed by atoms with Gasteiger partial charge in [0.05, 0.1) is 0 Å². The van der Waals surface area contributed by atoms with Crippen molar-refractivity contribution in [1.82, 2.24) is 0 Å². The standard InChI is InChI=1S/C16H36O2Si/c1-13(9-14(2)11-17)10-15(3)12-18-19(7,8)16(4,5)6/h13-15,17H,9-12H2,1-8H3/t13?,14-,15+/m0/s1. The predicted octanol–water partition coefficient (Wildman–Crippen LogP) is 4.69. The molecule has 0 bridgehead atoms. The molecule has 0 radical (unpaired) electrons. The van der Waals surface area contributed by atoms with Gasteiger partial charge in [-0.3, -0.25) is 0 Å². The smallest absolute Gasteiger partial charge is 0.191 e. The average molecular weight is 289 g/mol. The molecule has 0 aliphatic carbocycles. The zero-order valence-corrected chi connectivity index (χ0v) is 15.4. The Morgan fingerprint density at radius 1 is 0.947 bits per heavy atom. The second-order valence-corrected chi connectivity index (χ2v) is 12.9. The van der Waals surface area contributed by atoms with E-state index >= 15 is 0 Å². The molecule has 0 aromatic carbocycles. The van der Waals surface area contributed by atoms with Crippen LogP contribution in [-0.4, -0.2) is 26.6 Å². The first-order valence-electron chi connectivity index (χ1n) is 7.74. The molecule has 0 heterocycles. The lowest BCUT2D eigenvalue weighted by Crippen LogP contribution is -2.41. The summed E-state index contributed by atoms with van der Waals surface area (Å²) in [6, 6.07) is 0. The van der Waals surface area contributed by atoms with Crippen LogP contribution in [0.1, 0.15) is 54.4 Å². The van der Waals surface area contributed by atoms with Crippen molar-refractivity contribution in [2.75, 3.05) is 13.2 Å². The minimum atomic E-state index is -1.60. The third-order valence-electron chi connectivity index (χ3n) is 4.46. The van der Waals surface area contributed by atoms with Crippen molar-refractivity contribution in [2.45, 2.75) is 72.5 Å². The van der Waals surface area contributed by atoms with Gasteiger partial charge in [-0.2, -0.15) is 0 Å². The van der Waals surface area contributed by atoms with Crippen LogP contribution in [-0.2, 0) is 4.43 Å². The van der Waals surface area contributed by atoms with Gasteiger partial charge in [-0.1, -0.05) is 41.5 Å². The highest BCUT2D eigenvalue weighted by molar-refractivity contribution is 6.74. The first-order valence-corrected chi connectivity index (χ1v) is 10.6. The van der Waals surface area contributed by atoms with E-state index in [0.29, 0.717) is 29.4 Å². The summed E-state index contributed by atoms with van der Waals surface area (Å²) in [5.74, 6) is 1.69. The summed E-state index contributed by atoms with van der Waals surface area (Å²) in [5.41, 5.74) is 0. The SMILES string of the molecule is CC(C[C@H](C)CO)C[C@@H](C)CO[Si](C)(C)C(C)(C)C. The lowest BCUT2D eigenvalue weighted by molar-refractivity contribution is 0.187. The second kappa shape index (κ2) is 7.80. The van der Waals surface area contributed by atoms with Crippen LogP contribution in [0.3, 0.4) is 0 Å². The molecular formula is C16H36O2Si. The molecule has 1 unspecified atom stereocenters. The van der Waals surface area contributed by atoms with Crippen LogP contribution in [0.4, 0.5) is 0 Å². The van der Waals surface area contributed by atoms with Gasteiger partial charge in [0.1, 0.15) is 0 Å². The molecule has 0 saturated heterocycles. The normalized spacial score (nSPS) is 18.2. The van der Waals surface area contributed by atoms with E-state index in [1.807, 2.05) is 0 Å². The summed E-state index contributed by atoms with van der Waals surface area (Å²) in [7, 11) is -1.60. The Balaban J connectivity index is 4.09. The zero-order chi connectivity index (χ0) is 15.3. The molecule has 3 heteroatoms. The molecule has 0 aliphatic heterocycles. The van der Waals surface area contributed by atoms with E-state index in [2.05, 4.69) is 54.6 Å². The van der Waals surface area contributed by atoms with Crippen LogP contribution in [0.2, 0.25) is 18.1 Å². The van der Waals surface area contributed by atoms with Crippen LogP contribution >= 0.6 is 0 Å². The van der Waals surface area contributed by atoms with Gasteiger partial charge in [0.15, 0.2) is 8.32 Å². The third kappa shape index (κ3) is 7.47. The van der Waals surface area contributed by atoms with E-state index in [1.54, 1.807) is 0 Å². The van der Waals surface area contributed by atoms with Crippen molar-refractivity contribution in [2.24, 2.45) is 17.8 Å². The highest BCUT2D eigenvalue weighted by atomic mass is 28.4. The molecule has 19 heavy (non-hydrogen) atoms. The Labute approximate surface area is 122 Å². The predicted molar refractivity (Wildman–Crippen MR) is 87.0 cm³/mol. The Bertz CT molecular complexity index is 246. The number of hydrogen-bond acceptors (Lipinski definition) is 2. The molecular weight excluding hydrogens is 252 g/mol. The molecule has 0 fully saturated rings.